The predicted octanol–water partition coefficient (Wildman–Crippen LogP) is 2.42. The molecular weight excluding hydrogens is 200 g/mol. The highest BCUT2D eigenvalue weighted by atomic mass is 16.5. The second kappa shape index (κ2) is 3.49. The van der Waals surface area contributed by atoms with Gasteiger partial charge in [-0.25, -0.2) is 0 Å². The van der Waals surface area contributed by atoms with Crippen LogP contribution in [0, 0.1) is 0 Å². The molecule has 1 spiro atoms. The molecule has 0 aromatic heterocycles. The highest BCUT2D eigenvalue weighted by Crippen LogP contribution is 2.51. The first-order valence-corrected chi connectivity index (χ1v) is 6.12. The van der Waals surface area contributed by atoms with Crippen molar-refractivity contribution in [2.75, 3.05) is 7.11 Å². The molecule has 16 heavy (non-hydrogen) atoms. The number of methoxy groups -OCH3 is 1. The molecule has 1 atom stereocenters. The van der Waals surface area contributed by atoms with Crippen molar-refractivity contribution in [2.24, 2.45) is 0 Å². The maximum Gasteiger partial charge on any atom is 0.119 e. The molecule has 3 rings (SSSR count). The van der Waals surface area contributed by atoms with E-state index in [-0.39, 0.29) is 11.5 Å². The van der Waals surface area contributed by atoms with Crippen molar-refractivity contribution in [1.29, 1.82) is 0 Å². The first-order chi connectivity index (χ1) is 7.76. The zero-order valence-electron chi connectivity index (χ0n) is 9.70. The average Bonchev–Trinajstić information content (AvgIpc) is 2.26. The largest absolute Gasteiger partial charge is 0.497 e. The van der Waals surface area contributed by atoms with E-state index < -0.39 is 0 Å². The van der Waals surface area contributed by atoms with Gasteiger partial charge in [0.25, 0.3) is 0 Å². The Hall–Kier alpha value is -1.02. The molecule has 1 N–H and O–H groups in total. The zero-order valence-corrected chi connectivity index (χ0v) is 9.70. The number of hydrogen-bond acceptors (Lipinski definition) is 2. The molecule has 1 unspecified atom stereocenters. The van der Waals surface area contributed by atoms with Gasteiger partial charge in [0.15, 0.2) is 0 Å². The predicted molar refractivity (Wildman–Crippen MR) is 62.9 cm³/mol. The minimum absolute atomic E-state index is 0.0577. The van der Waals surface area contributed by atoms with Crippen LogP contribution in [0.4, 0.5) is 0 Å². The summed E-state index contributed by atoms with van der Waals surface area (Å²) in [5, 5.41) is 10.2. The van der Waals surface area contributed by atoms with Crippen LogP contribution in [0.3, 0.4) is 0 Å². The standard InChI is InChI=1S/C14H18O2/c1-16-11-5-3-10-4-6-13(15)14(7-2-8-14)12(10)9-11/h3,5,9,13,15H,2,4,6-8H2,1H3. The van der Waals surface area contributed by atoms with E-state index in [0.717, 1.165) is 31.4 Å². The molecule has 1 fully saturated rings. The van der Waals surface area contributed by atoms with Crippen LogP contribution in [0.2, 0.25) is 0 Å². The topological polar surface area (TPSA) is 29.5 Å². The molecule has 86 valence electrons. The summed E-state index contributed by atoms with van der Waals surface area (Å²) in [6.45, 7) is 0. The number of aryl methyl sites for hydroxylation is 1. The number of ether oxygens (including phenoxy) is 1. The average molecular weight is 218 g/mol. The second-order valence-corrected chi connectivity index (χ2v) is 5.09. The Labute approximate surface area is 96.2 Å². The van der Waals surface area contributed by atoms with Gasteiger partial charge in [-0.1, -0.05) is 12.5 Å². The van der Waals surface area contributed by atoms with Gasteiger partial charge in [-0.05, 0) is 48.9 Å². The molecule has 0 heterocycles. The van der Waals surface area contributed by atoms with Crippen LogP contribution in [-0.2, 0) is 11.8 Å². The Morgan fingerprint density at radius 2 is 2.19 bits per heavy atom. The summed E-state index contributed by atoms with van der Waals surface area (Å²) in [5.41, 5.74) is 2.81. The Kier molecular flexibility index (Phi) is 2.21. The molecule has 1 aromatic carbocycles. The van der Waals surface area contributed by atoms with E-state index in [9.17, 15) is 5.11 Å². The summed E-state index contributed by atoms with van der Waals surface area (Å²) in [6.07, 6.45) is 5.28. The molecule has 0 radical (unpaired) electrons. The van der Waals surface area contributed by atoms with Gasteiger partial charge in [0.2, 0.25) is 0 Å². The van der Waals surface area contributed by atoms with Gasteiger partial charge in [-0.15, -0.1) is 0 Å². The quantitative estimate of drug-likeness (QED) is 0.784. The van der Waals surface area contributed by atoms with Crippen LogP contribution in [0.5, 0.6) is 5.75 Å². The molecule has 0 bridgehead atoms. The first kappa shape index (κ1) is 10.2. The fourth-order valence-corrected chi connectivity index (χ4v) is 3.27. The van der Waals surface area contributed by atoms with Crippen LogP contribution in [-0.4, -0.2) is 18.3 Å². The van der Waals surface area contributed by atoms with E-state index in [1.54, 1.807) is 7.11 Å². The molecule has 0 amide bonds. The Balaban J connectivity index is 2.10. The van der Waals surface area contributed by atoms with Gasteiger partial charge in [0.1, 0.15) is 5.75 Å². The molecule has 2 aliphatic rings. The Morgan fingerprint density at radius 3 is 2.81 bits per heavy atom. The summed E-state index contributed by atoms with van der Waals surface area (Å²) >= 11 is 0. The van der Waals surface area contributed by atoms with E-state index in [1.807, 2.05) is 6.07 Å². The Morgan fingerprint density at radius 1 is 1.38 bits per heavy atom. The summed E-state index contributed by atoms with van der Waals surface area (Å²) in [6, 6.07) is 6.33. The van der Waals surface area contributed by atoms with E-state index in [2.05, 4.69) is 12.1 Å². The monoisotopic (exact) mass is 218 g/mol. The molecule has 2 aliphatic carbocycles. The van der Waals surface area contributed by atoms with Crippen molar-refractivity contribution in [1.82, 2.24) is 0 Å². The van der Waals surface area contributed by atoms with Gasteiger partial charge in [-0.2, -0.15) is 0 Å². The third kappa shape index (κ3) is 1.23. The third-order valence-corrected chi connectivity index (χ3v) is 4.42. The lowest BCUT2D eigenvalue weighted by molar-refractivity contribution is 0.0143. The fourth-order valence-electron chi connectivity index (χ4n) is 3.27. The SMILES string of the molecule is COc1ccc2c(c1)C1(CCC1)C(O)CC2. The number of rotatable bonds is 1. The van der Waals surface area contributed by atoms with E-state index in [1.165, 1.54) is 17.5 Å². The maximum atomic E-state index is 10.2. The van der Waals surface area contributed by atoms with Crippen LogP contribution in [0.25, 0.3) is 0 Å². The molecular formula is C14H18O2. The van der Waals surface area contributed by atoms with Crippen LogP contribution in [0.15, 0.2) is 18.2 Å². The van der Waals surface area contributed by atoms with Gasteiger partial charge in [-0.3, -0.25) is 0 Å². The molecule has 1 aromatic rings. The lowest BCUT2D eigenvalue weighted by atomic mass is 9.57. The highest BCUT2D eigenvalue weighted by Gasteiger charge is 2.47. The number of aliphatic hydroxyl groups excluding tert-OH is 1. The van der Waals surface area contributed by atoms with E-state index >= 15 is 0 Å². The van der Waals surface area contributed by atoms with Gasteiger partial charge < -0.3 is 9.84 Å². The van der Waals surface area contributed by atoms with Crippen molar-refractivity contribution < 1.29 is 9.84 Å². The smallest absolute Gasteiger partial charge is 0.119 e. The highest BCUT2D eigenvalue weighted by molar-refractivity contribution is 5.44. The van der Waals surface area contributed by atoms with E-state index in [4.69, 9.17) is 4.74 Å². The summed E-state index contributed by atoms with van der Waals surface area (Å²) in [7, 11) is 1.70. The minimum atomic E-state index is -0.152. The fraction of sp³-hybridized carbons (Fsp3) is 0.571. The second-order valence-electron chi connectivity index (χ2n) is 5.09. The third-order valence-electron chi connectivity index (χ3n) is 4.42. The van der Waals surface area contributed by atoms with Crippen molar-refractivity contribution in [3.8, 4) is 5.75 Å². The lowest BCUT2D eigenvalue weighted by Gasteiger charge is -2.49. The van der Waals surface area contributed by atoms with Crippen molar-refractivity contribution in [3.63, 3.8) is 0 Å². The Bertz CT molecular complexity index is 407. The normalized spacial score (nSPS) is 26.0. The lowest BCUT2D eigenvalue weighted by Crippen LogP contribution is -2.48. The molecule has 2 nitrogen and oxygen atoms in total. The zero-order chi connectivity index (χ0) is 11.2. The number of benzene rings is 1. The van der Waals surface area contributed by atoms with Gasteiger partial charge >= 0.3 is 0 Å². The van der Waals surface area contributed by atoms with E-state index in [0.29, 0.717) is 0 Å². The van der Waals surface area contributed by atoms with Crippen LogP contribution in [0.1, 0.15) is 36.8 Å². The summed E-state index contributed by atoms with van der Waals surface area (Å²) in [4.78, 5) is 0. The van der Waals surface area contributed by atoms with Crippen LogP contribution >= 0.6 is 0 Å². The molecule has 1 saturated carbocycles. The number of fused-ring (bicyclic) bond motifs is 2. The maximum absolute atomic E-state index is 10.2. The first-order valence-electron chi connectivity index (χ1n) is 6.12. The van der Waals surface area contributed by atoms with Crippen molar-refractivity contribution in [3.05, 3.63) is 29.3 Å². The minimum Gasteiger partial charge on any atom is -0.497 e. The summed E-state index contributed by atoms with van der Waals surface area (Å²) in [5.74, 6) is 0.916. The van der Waals surface area contributed by atoms with Crippen molar-refractivity contribution in [2.45, 2.75) is 43.6 Å². The number of aliphatic hydroxyl groups is 1. The molecule has 0 saturated heterocycles. The number of hydrogen-bond donors (Lipinski definition) is 1. The molecule has 0 aliphatic heterocycles. The molecule has 2 heteroatoms. The summed E-state index contributed by atoms with van der Waals surface area (Å²) < 4.78 is 5.30. The van der Waals surface area contributed by atoms with Gasteiger partial charge in [0.05, 0.1) is 13.2 Å². The van der Waals surface area contributed by atoms with Crippen LogP contribution < -0.4 is 4.74 Å². The van der Waals surface area contributed by atoms with Crippen molar-refractivity contribution >= 4 is 0 Å². The van der Waals surface area contributed by atoms with Gasteiger partial charge in [0, 0.05) is 5.41 Å².